The van der Waals surface area contributed by atoms with Gasteiger partial charge < -0.3 is 15.2 Å². The fourth-order valence-electron chi connectivity index (χ4n) is 3.33. The average Bonchev–Trinajstić information content (AvgIpc) is 2.77. The lowest BCUT2D eigenvalue weighted by atomic mass is 9.99. The molecular formula is C20H25FN6O5S. The van der Waals surface area contributed by atoms with Gasteiger partial charge >= 0.3 is 12.1 Å². The van der Waals surface area contributed by atoms with E-state index in [9.17, 15) is 17.6 Å². The maximum absolute atomic E-state index is 14.9. The normalized spacial score (nSPS) is 15.1. The summed E-state index contributed by atoms with van der Waals surface area (Å²) in [5.41, 5.74) is 5.81. The Bertz CT molecular complexity index is 1100. The molecule has 0 spiro atoms. The summed E-state index contributed by atoms with van der Waals surface area (Å²) >= 11 is 0. The van der Waals surface area contributed by atoms with Gasteiger partial charge in [-0.25, -0.2) is 31.9 Å². The topological polar surface area (TPSA) is 161 Å². The molecule has 1 fully saturated rings. The first kappa shape index (κ1) is 24.3. The van der Waals surface area contributed by atoms with Crippen LogP contribution >= 0.6 is 0 Å². The quantitative estimate of drug-likeness (QED) is 0.396. The van der Waals surface area contributed by atoms with Gasteiger partial charge in [0.15, 0.2) is 5.96 Å². The molecule has 1 saturated heterocycles. The zero-order valence-electron chi connectivity index (χ0n) is 18.0. The second kappa shape index (κ2) is 10.5. The Balaban J connectivity index is 1.57. The van der Waals surface area contributed by atoms with E-state index in [4.69, 9.17) is 20.6 Å². The minimum absolute atomic E-state index is 0.131. The minimum Gasteiger partial charge on any atom is -0.463 e. The molecule has 0 bridgehead atoms. The molecule has 0 saturated carbocycles. The Morgan fingerprint density at radius 1 is 1.30 bits per heavy atom. The number of hydrogen-bond acceptors (Lipinski definition) is 8. The highest BCUT2D eigenvalue weighted by Crippen LogP contribution is 2.25. The third-order valence-corrected chi connectivity index (χ3v) is 6.41. The predicted octanol–water partition coefficient (Wildman–Crippen LogP) is 1.45. The van der Waals surface area contributed by atoms with Crippen LogP contribution in [0.5, 0.6) is 6.01 Å². The highest BCUT2D eigenvalue weighted by Gasteiger charge is 2.25. The number of sulfonamides is 1. The van der Waals surface area contributed by atoms with Gasteiger partial charge in [-0.2, -0.15) is 0 Å². The Morgan fingerprint density at radius 2 is 1.97 bits per heavy atom. The number of carbonyl (C=O) groups excluding carboxylic acids is 1. The van der Waals surface area contributed by atoms with Gasteiger partial charge in [-0.3, -0.25) is 10.7 Å². The standard InChI is InChI=1S/C20H25FN6O5S/c1-33(29,30)27-7-5-13(6-8-27)11-31-19-24-9-15(10-25-19)16-4-2-3-14(17(16)21)12-32-20(28)26-18(22)23/h2-4,9-10,13H,5-8,11-12H2,1H3,(H4,22,23,26,28). The van der Waals surface area contributed by atoms with Crippen molar-refractivity contribution in [3.63, 3.8) is 0 Å². The zero-order chi connectivity index (χ0) is 24.0. The van der Waals surface area contributed by atoms with Crippen LogP contribution in [-0.2, 0) is 21.4 Å². The Morgan fingerprint density at radius 3 is 2.58 bits per heavy atom. The van der Waals surface area contributed by atoms with E-state index in [-0.39, 0.29) is 29.7 Å². The van der Waals surface area contributed by atoms with Crippen LogP contribution in [0.2, 0.25) is 0 Å². The van der Waals surface area contributed by atoms with Crippen molar-refractivity contribution in [1.29, 1.82) is 5.41 Å². The van der Waals surface area contributed by atoms with Gasteiger partial charge in [-0.15, -0.1) is 0 Å². The van der Waals surface area contributed by atoms with E-state index in [2.05, 4.69) is 9.97 Å². The second-order valence-corrected chi connectivity index (χ2v) is 9.55. The average molecular weight is 481 g/mol. The largest absolute Gasteiger partial charge is 0.463 e. The summed E-state index contributed by atoms with van der Waals surface area (Å²) in [7, 11) is -3.17. The molecule has 0 atom stereocenters. The van der Waals surface area contributed by atoms with Crippen LogP contribution in [0, 0.1) is 17.1 Å². The van der Waals surface area contributed by atoms with E-state index in [1.54, 1.807) is 12.1 Å². The van der Waals surface area contributed by atoms with Crippen molar-refractivity contribution in [2.24, 2.45) is 11.7 Å². The highest BCUT2D eigenvalue weighted by molar-refractivity contribution is 7.88. The number of hydrogen-bond donors (Lipinski definition) is 3. The highest BCUT2D eigenvalue weighted by atomic mass is 32.2. The molecule has 33 heavy (non-hydrogen) atoms. The number of alkyl carbamates (subject to hydrolysis) is 1. The lowest BCUT2D eigenvalue weighted by Crippen LogP contribution is -2.39. The van der Waals surface area contributed by atoms with Crippen molar-refractivity contribution < 1.29 is 27.1 Å². The molecule has 11 nitrogen and oxygen atoms in total. The molecule has 0 unspecified atom stereocenters. The van der Waals surface area contributed by atoms with E-state index in [1.165, 1.54) is 29.0 Å². The van der Waals surface area contributed by atoms with Gasteiger partial charge in [0.05, 0.1) is 12.9 Å². The number of rotatable bonds is 7. The van der Waals surface area contributed by atoms with Gasteiger partial charge in [-0.1, -0.05) is 18.2 Å². The van der Waals surface area contributed by atoms with Crippen molar-refractivity contribution in [2.45, 2.75) is 19.4 Å². The van der Waals surface area contributed by atoms with E-state index in [0.717, 1.165) is 0 Å². The van der Waals surface area contributed by atoms with Crippen LogP contribution in [0.25, 0.3) is 11.1 Å². The molecule has 1 aliphatic heterocycles. The van der Waals surface area contributed by atoms with E-state index in [0.29, 0.717) is 38.1 Å². The summed E-state index contributed by atoms with van der Waals surface area (Å²) < 4.78 is 50.0. The fourth-order valence-corrected chi connectivity index (χ4v) is 4.21. The van der Waals surface area contributed by atoms with Gasteiger partial charge in [0.25, 0.3) is 0 Å². The smallest absolute Gasteiger partial charge is 0.414 e. The molecule has 13 heteroatoms. The van der Waals surface area contributed by atoms with Gasteiger partial charge in [-0.05, 0) is 18.8 Å². The number of aromatic nitrogens is 2. The first-order chi connectivity index (χ1) is 15.6. The summed E-state index contributed by atoms with van der Waals surface area (Å²) in [6, 6.07) is 4.76. The predicted molar refractivity (Wildman–Crippen MR) is 117 cm³/mol. The maximum Gasteiger partial charge on any atom is 0.414 e. The van der Waals surface area contributed by atoms with Crippen LogP contribution in [-0.4, -0.2) is 60.7 Å². The van der Waals surface area contributed by atoms with Crippen LogP contribution in [0.1, 0.15) is 18.4 Å². The van der Waals surface area contributed by atoms with E-state index >= 15 is 0 Å². The summed E-state index contributed by atoms with van der Waals surface area (Å²) in [6.45, 7) is 0.935. The molecule has 0 radical (unpaired) electrons. The number of nitrogens with two attached hydrogens (primary N) is 1. The van der Waals surface area contributed by atoms with Crippen molar-refractivity contribution >= 4 is 22.1 Å². The first-order valence-electron chi connectivity index (χ1n) is 10.1. The molecule has 1 aromatic carbocycles. The second-order valence-electron chi connectivity index (χ2n) is 7.56. The van der Waals surface area contributed by atoms with E-state index in [1.807, 2.05) is 5.32 Å². The first-order valence-corrected chi connectivity index (χ1v) is 11.9. The number of halogens is 1. The maximum atomic E-state index is 14.9. The molecule has 178 valence electrons. The number of piperidine rings is 1. The lowest BCUT2D eigenvalue weighted by Gasteiger charge is -2.29. The molecule has 1 aliphatic rings. The summed E-state index contributed by atoms with van der Waals surface area (Å²) in [4.78, 5) is 19.7. The van der Waals surface area contributed by atoms with Crippen molar-refractivity contribution in [3.8, 4) is 17.1 Å². The van der Waals surface area contributed by atoms with Gasteiger partial charge in [0, 0.05) is 42.2 Å². The molecule has 1 amide bonds. The zero-order valence-corrected chi connectivity index (χ0v) is 18.8. The summed E-state index contributed by atoms with van der Waals surface area (Å²) in [5.74, 6) is -0.975. The molecule has 0 aliphatic carbocycles. The molecular weight excluding hydrogens is 455 g/mol. The van der Waals surface area contributed by atoms with E-state index < -0.39 is 27.9 Å². The van der Waals surface area contributed by atoms with Gasteiger partial charge in [0.2, 0.25) is 10.0 Å². The van der Waals surface area contributed by atoms with Crippen molar-refractivity contribution in [1.82, 2.24) is 19.6 Å². The number of guanidine groups is 1. The number of benzene rings is 1. The minimum atomic E-state index is -3.17. The molecule has 2 aromatic rings. The lowest BCUT2D eigenvalue weighted by molar-refractivity contribution is 0.143. The summed E-state index contributed by atoms with van der Waals surface area (Å²) in [5, 5.41) is 8.92. The number of ether oxygens (including phenoxy) is 2. The molecule has 2 heterocycles. The van der Waals surface area contributed by atoms with Crippen molar-refractivity contribution in [3.05, 3.63) is 42.0 Å². The number of nitrogens with zero attached hydrogens (tertiary/aromatic N) is 3. The van der Waals surface area contributed by atoms with Crippen molar-refractivity contribution in [2.75, 3.05) is 26.0 Å². The Hall–Kier alpha value is -3.32. The summed E-state index contributed by atoms with van der Waals surface area (Å²) in [6.07, 6.45) is 4.49. The Labute approximate surface area is 190 Å². The van der Waals surface area contributed by atoms with Crippen LogP contribution in [0.3, 0.4) is 0 Å². The molecule has 3 rings (SSSR count). The third-order valence-electron chi connectivity index (χ3n) is 5.10. The fraction of sp³-hybridized carbons (Fsp3) is 0.400. The Kier molecular flexibility index (Phi) is 7.76. The monoisotopic (exact) mass is 480 g/mol. The number of carbonyl (C=O) groups is 1. The number of nitrogens with one attached hydrogen (secondary N) is 2. The molecule has 4 N–H and O–H groups in total. The molecule has 1 aromatic heterocycles. The number of amides is 1. The van der Waals surface area contributed by atoms with Crippen LogP contribution in [0.15, 0.2) is 30.6 Å². The van der Waals surface area contributed by atoms with Crippen LogP contribution < -0.4 is 15.8 Å². The van der Waals surface area contributed by atoms with Crippen LogP contribution in [0.4, 0.5) is 9.18 Å². The van der Waals surface area contributed by atoms with Gasteiger partial charge in [0.1, 0.15) is 12.4 Å². The third kappa shape index (κ3) is 6.83. The SMILES string of the molecule is CS(=O)(=O)N1CCC(COc2ncc(-c3cccc(COC(=O)NC(=N)N)c3F)cn2)CC1.